The third-order valence-corrected chi connectivity index (χ3v) is 5.35. The summed E-state index contributed by atoms with van der Waals surface area (Å²) in [4.78, 5) is 38.5. The Bertz CT molecular complexity index is 801. The van der Waals surface area contributed by atoms with E-state index in [4.69, 9.17) is 19.5 Å². The fourth-order valence-corrected chi connectivity index (χ4v) is 3.62. The Labute approximate surface area is 182 Å². The molecule has 0 radical (unpaired) electrons. The zero-order chi connectivity index (χ0) is 22.8. The number of nitrogens with zero attached hydrogens (tertiary/aromatic N) is 1. The number of benzene rings is 1. The van der Waals surface area contributed by atoms with Crippen LogP contribution in [-0.4, -0.2) is 44.3 Å². The fourth-order valence-electron chi connectivity index (χ4n) is 3.62. The lowest BCUT2D eigenvalue weighted by Crippen LogP contribution is -2.42. The van der Waals surface area contributed by atoms with Crippen molar-refractivity contribution < 1.29 is 28.6 Å². The molecule has 1 aromatic carbocycles. The van der Waals surface area contributed by atoms with Crippen LogP contribution >= 0.6 is 0 Å². The van der Waals surface area contributed by atoms with E-state index >= 15 is 0 Å². The number of carbonyl (C=O) groups is 3. The number of methoxy groups -OCH3 is 1. The third-order valence-electron chi connectivity index (χ3n) is 5.35. The number of nitrogens with one attached hydrogen (secondary N) is 1. The van der Waals surface area contributed by atoms with Crippen LogP contribution < -0.4 is 5.32 Å². The number of hydrogen-bond acceptors (Lipinski definition) is 8. The van der Waals surface area contributed by atoms with Gasteiger partial charge in [-0.3, -0.25) is 19.7 Å². The maximum atomic E-state index is 13.1. The molecule has 0 amide bonds. The van der Waals surface area contributed by atoms with Crippen LogP contribution in [0.15, 0.2) is 24.3 Å². The summed E-state index contributed by atoms with van der Waals surface area (Å²) in [5.74, 6) is -3.91. The molecule has 1 saturated heterocycles. The molecule has 1 heterocycles. The topological polar surface area (TPSA) is 115 Å². The van der Waals surface area contributed by atoms with Crippen LogP contribution in [0.4, 0.5) is 0 Å². The Kier molecular flexibility index (Phi) is 9.47. The molecule has 0 spiro atoms. The van der Waals surface area contributed by atoms with Gasteiger partial charge in [0.25, 0.3) is 0 Å². The molecule has 1 fully saturated rings. The van der Waals surface area contributed by atoms with Crippen molar-refractivity contribution in [3.63, 3.8) is 0 Å². The van der Waals surface area contributed by atoms with Crippen molar-refractivity contribution >= 4 is 17.9 Å². The summed E-state index contributed by atoms with van der Waals surface area (Å²) in [6.45, 7) is 4.38. The van der Waals surface area contributed by atoms with Gasteiger partial charge in [0.2, 0.25) is 0 Å². The molecule has 1 aliphatic heterocycles. The summed E-state index contributed by atoms with van der Waals surface area (Å²) >= 11 is 0. The van der Waals surface area contributed by atoms with E-state index in [1.807, 2.05) is 19.9 Å². The number of ether oxygens (including phenoxy) is 3. The lowest BCUT2D eigenvalue weighted by atomic mass is 9.84. The zero-order valence-electron chi connectivity index (χ0n) is 18.3. The second-order valence-electron chi connectivity index (χ2n) is 7.47. The first-order chi connectivity index (χ1) is 15.0. The van der Waals surface area contributed by atoms with Crippen LogP contribution in [0.2, 0.25) is 0 Å². The lowest BCUT2D eigenvalue weighted by Gasteiger charge is -2.22. The summed E-state index contributed by atoms with van der Waals surface area (Å²) in [6.07, 6.45) is 3.06. The largest absolute Gasteiger partial charge is 0.468 e. The van der Waals surface area contributed by atoms with Crippen molar-refractivity contribution in [2.75, 3.05) is 20.3 Å². The normalized spacial score (nSPS) is 22.4. The van der Waals surface area contributed by atoms with Gasteiger partial charge >= 0.3 is 17.9 Å². The van der Waals surface area contributed by atoms with Crippen molar-refractivity contribution in [3.8, 4) is 6.07 Å². The van der Waals surface area contributed by atoms with Gasteiger partial charge in [-0.05, 0) is 30.5 Å². The number of nitriles is 1. The Morgan fingerprint density at radius 1 is 0.935 bits per heavy atom. The van der Waals surface area contributed by atoms with Crippen LogP contribution in [0, 0.1) is 23.2 Å². The molecule has 4 atom stereocenters. The quantitative estimate of drug-likeness (QED) is 0.342. The molecule has 2 rings (SSSR count). The van der Waals surface area contributed by atoms with E-state index in [0.717, 1.165) is 12.8 Å². The molecule has 1 N–H and O–H groups in total. The van der Waals surface area contributed by atoms with Crippen LogP contribution in [0.5, 0.6) is 0 Å². The minimum absolute atomic E-state index is 0.207. The molecule has 1 aliphatic rings. The summed E-state index contributed by atoms with van der Waals surface area (Å²) in [7, 11) is 1.23. The smallest absolute Gasteiger partial charge is 0.323 e. The Hall–Kier alpha value is -2.92. The highest BCUT2D eigenvalue weighted by Gasteiger charge is 2.55. The van der Waals surface area contributed by atoms with Crippen molar-refractivity contribution in [2.45, 2.75) is 51.6 Å². The van der Waals surface area contributed by atoms with Crippen LogP contribution in [0.25, 0.3) is 0 Å². The van der Waals surface area contributed by atoms with Crippen LogP contribution in [0.3, 0.4) is 0 Å². The van der Waals surface area contributed by atoms with Gasteiger partial charge in [-0.2, -0.15) is 5.26 Å². The van der Waals surface area contributed by atoms with Crippen molar-refractivity contribution in [1.29, 1.82) is 5.26 Å². The highest BCUT2D eigenvalue weighted by atomic mass is 16.5. The number of rotatable bonds is 10. The monoisotopic (exact) mass is 430 g/mol. The van der Waals surface area contributed by atoms with E-state index in [-0.39, 0.29) is 13.2 Å². The number of unbranched alkanes of at least 4 members (excludes halogenated alkanes) is 2. The molecule has 8 nitrogen and oxygen atoms in total. The van der Waals surface area contributed by atoms with Crippen molar-refractivity contribution in [2.24, 2.45) is 11.8 Å². The van der Waals surface area contributed by atoms with E-state index in [1.165, 1.54) is 7.11 Å². The second kappa shape index (κ2) is 12.1. The van der Waals surface area contributed by atoms with E-state index in [2.05, 4.69) is 5.32 Å². The van der Waals surface area contributed by atoms with Crippen LogP contribution in [0.1, 0.15) is 56.7 Å². The predicted molar refractivity (Wildman–Crippen MR) is 112 cm³/mol. The fraction of sp³-hybridized carbons (Fsp3) is 0.565. The molecule has 0 aliphatic carbocycles. The molecule has 0 unspecified atom stereocenters. The molecule has 8 heteroatoms. The number of hydrogen-bond donors (Lipinski definition) is 1. The molecule has 168 valence electrons. The lowest BCUT2D eigenvalue weighted by molar-refractivity contribution is -0.162. The van der Waals surface area contributed by atoms with Gasteiger partial charge in [0, 0.05) is 6.04 Å². The SMILES string of the molecule is CCCCOC(=O)[C@@H]1[C@H](C(=O)OCCCC)[C@H](c2ccc(C#N)cc2)N[C@@H]1C(=O)OC. The van der Waals surface area contributed by atoms with Gasteiger partial charge in [-0.1, -0.05) is 38.8 Å². The molecule has 0 bridgehead atoms. The van der Waals surface area contributed by atoms with E-state index in [9.17, 15) is 14.4 Å². The standard InChI is InChI=1S/C23H30N2O6/c1-4-6-12-30-21(26)17-18(22(27)31-13-7-5-2)20(23(28)29-3)25-19(17)16-10-8-15(14-24)9-11-16/h8-11,17-20,25H,4-7,12-13H2,1-3H3/t17-,18+,19-,20-/m0/s1. The molecular formula is C23H30N2O6. The molecular weight excluding hydrogens is 400 g/mol. The summed E-state index contributed by atoms with van der Waals surface area (Å²) in [5.41, 5.74) is 1.12. The first kappa shape index (κ1) is 24.4. The van der Waals surface area contributed by atoms with Crippen LogP contribution in [-0.2, 0) is 28.6 Å². The highest BCUT2D eigenvalue weighted by Crippen LogP contribution is 2.39. The second-order valence-corrected chi connectivity index (χ2v) is 7.47. The first-order valence-electron chi connectivity index (χ1n) is 10.7. The van der Waals surface area contributed by atoms with E-state index < -0.39 is 41.8 Å². The average Bonchev–Trinajstić information content (AvgIpc) is 3.19. The minimum Gasteiger partial charge on any atom is -0.468 e. The summed E-state index contributed by atoms with van der Waals surface area (Å²) < 4.78 is 15.7. The van der Waals surface area contributed by atoms with E-state index in [0.29, 0.717) is 24.0 Å². The molecule has 1 aromatic rings. The Morgan fingerprint density at radius 3 is 1.97 bits per heavy atom. The third kappa shape index (κ3) is 6.05. The number of esters is 3. The first-order valence-corrected chi connectivity index (χ1v) is 10.7. The maximum absolute atomic E-state index is 13.1. The molecule has 0 saturated carbocycles. The van der Waals surface area contributed by atoms with Crippen molar-refractivity contribution in [3.05, 3.63) is 35.4 Å². The Balaban J connectivity index is 2.41. The van der Waals surface area contributed by atoms with Gasteiger partial charge in [0.1, 0.15) is 6.04 Å². The summed E-state index contributed by atoms with van der Waals surface area (Å²) in [6, 6.07) is 6.96. The number of carbonyl (C=O) groups excluding carboxylic acids is 3. The highest BCUT2D eigenvalue weighted by molar-refractivity contribution is 5.91. The average molecular weight is 431 g/mol. The minimum atomic E-state index is -1.08. The summed E-state index contributed by atoms with van der Waals surface area (Å²) in [5, 5.41) is 12.1. The van der Waals surface area contributed by atoms with Gasteiger partial charge in [-0.15, -0.1) is 0 Å². The van der Waals surface area contributed by atoms with E-state index in [1.54, 1.807) is 24.3 Å². The van der Waals surface area contributed by atoms with Gasteiger partial charge in [0.15, 0.2) is 0 Å². The Morgan fingerprint density at radius 2 is 1.48 bits per heavy atom. The van der Waals surface area contributed by atoms with Gasteiger partial charge in [0.05, 0.1) is 43.8 Å². The maximum Gasteiger partial charge on any atom is 0.323 e. The van der Waals surface area contributed by atoms with Crippen molar-refractivity contribution in [1.82, 2.24) is 5.32 Å². The van der Waals surface area contributed by atoms with Gasteiger partial charge in [-0.25, -0.2) is 0 Å². The molecule has 31 heavy (non-hydrogen) atoms. The van der Waals surface area contributed by atoms with Gasteiger partial charge < -0.3 is 14.2 Å². The predicted octanol–water partition coefficient (Wildman–Crippen LogP) is 2.66. The zero-order valence-corrected chi connectivity index (χ0v) is 18.3. The molecule has 0 aromatic heterocycles.